The molecule has 0 bridgehead atoms. The van der Waals surface area contributed by atoms with Gasteiger partial charge in [0.05, 0.1) is 23.8 Å². The van der Waals surface area contributed by atoms with Crippen LogP contribution in [0.3, 0.4) is 0 Å². The Morgan fingerprint density at radius 2 is 1.71 bits per heavy atom. The minimum absolute atomic E-state index is 0.0293. The van der Waals surface area contributed by atoms with E-state index in [1.54, 1.807) is 4.90 Å². The zero-order valence-electron chi connectivity index (χ0n) is 18.1. The molecule has 0 N–H and O–H groups in total. The molecule has 0 saturated carbocycles. The molecule has 1 fully saturated rings. The topological polar surface area (TPSA) is 51.5 Å². The molecule has 160 valence electrons. The zero-order chi connectivity index (χ0) is 21.8. The van der Waals surface area contributed by atoms with E-state index < -0.39 is 0 Å². The highest BCUT2D eigenvalue weighted by atomic mass is 16.5. The van der Waals surface area contributed by atoms with Crippen molar-refractivity contribution < 1.29 is 14.3 Å². The van der Waals surface area contributed by atoms with Crippen molar-refractivity contribution in [2.45, 2.75) is 26.7 Å². The summed E-state index contributed by atoms with van der Waals surface area (Å²) in [6.45, 7) is 5.23. The van der Waals surface area contributed by atoms with E-state index in [4.69, 9.17) is 4.74 Å². The fourth-order valence-electron chi connectivity index (χ4n) is 4.34. The van der Waals surface area contributed by atoms with Crippen molar-refractivity contribution in [3.05, 3.63) is 78.0 Å². The Kier molecular flexibility index (Phi) is 6.21. The van der Waals surface area contributed by atoms with Gasteiger partial charge in [0, 0.05) is 24.5 Å². The van der Waals surface area contributed by atoms with Crippen LogP contribution in [0.2, 0.25) is 0 Å². The first kappa shape index (κ1) is 20.9. The van der Waals surface area contributed by atoms with E-state index in [0.29, 0.717) is 25.3 Å². The normalized spacial score (nSPS) is 16.2. The first-order chi connectivity index (χ1) is 15.1. The maximum absolute atomic E-state index is 13.5. The molecule has 1 atom stereocenters. The lowest BCUT2D eigenvalue weighted by Crippen LogP contribution is -2.43. The van der Waals surface area contributed by atoms with Gasteiger partial charge in [-0.15, -0.1) is 0 Å². The lowest BCUT2D eigenvalue weighted by atomic mass is 9.97. The number of nitrogens with zero attached hydrogens (tertiary/aromatic N) is 2. The molecule has 0 radical (unpaired) electrons. The summed E-state index contributed by atoms with van der Waals surface area (Å²) < 4.78 is 7.33. The van der Waals surface area contributed by atoms with Crippen molar-refractivity contribution >= 4 is 11.9 Å². The number of amides is 1. The summed E-state index contributed by atoms with van der Waals surface area (Å²) in [6, 6.07) is 22.2. The molecule has 1 saturated heterocycles. The van der Waals surface area contributed by atoms with Gasteiger partial charge in [0.25, 0.3) is 5.91 Å². The Labute approximate surface area is 183 Å². The van der Waals surface area contributed by atoms with Gasteiger partial charge in [-0.1, -0.05) is 48.5 Å². The predicted octanol–water partition coefficient (Wildman–Crippen LogP) is 4.87. The molecule has 0 spiro atoms. The summed E-state index contributed by atoms with van der Waals surface area (Å²) in [5, 5.41) is 0. The first-order valence-electron chi connectivity index (χ1n) is 10.9. The van der Waals surface area contributed by atoms with Gasteiger partial charge in [-0.3, -0.25) is 9.59 Å². The molecule has 0 unspecified atom stereocenters. The van der Waals surface area contributed by atoms with E-state index in [1.807, 2.05) is 68.4 Å². The van der Waals surface area contributed by atoms with Crippen molar-refractivity contribution in [2.75, 3.05) is 19.7 Å². The van der Waals surface area contributed by atoms with Gasteiger partial charge in [0.2, 0.25) is 0 Å². The Bertz CT molecular complexity index is 1060. The number of esters is 1. The van der Waals surface area contributed by atoms with Crippen LogP contribution in [0.5, 0.6) is 0 Å². The molecule has 31 heavy (non-hydrogen) atoms. The Morgan fingerprint density at radius 1 is 1.03 bits per heavy atom. The molecule has 2 aromatic carbocycles. The summed E-state index contributed by atoms with van der Waals surface area (Å²) in [6.07, 6.45) is 1.57. The number of aromatic nitrogens is 1. The van der Waals surface area contributed by atoms with Gasteiger partial charge >= 0.3 is 5.97 Å². The van der Waals surface area contributed by atoms with E-state index in [9.17, 15) is 9.59 Å². The van der Waals surface area contributed by atoms with Gasteiger partial charge in [0.15, 0.2) is 0 Å². The van der Waals surface area contributed by atoms with Gasteiger partial charge in [0.1, 0.15) is 0 Å². The van der Waals surface area contributed by atoms with Crippen LogP contribution in [0.1, 0.15) is 35.8 Å². The highest BCUT2D eigenvalue weighted by molar-refractivity contribution is 5.97. The number of hydrogen-bond donors (Lipinski definition) is 0. The van der Waals surface area contributed by atoms with Crippen molar-refractivity contribution in [2.24, 2.45) is 5.92 Å². The fraction of sp³-hybridized carbons (Fsp3) is 0.308. The number of carbonyl (C=O) groups is 2. The van der Waals surface area contributed by atoms with Crippen LogP contribution in [-0.2, 0) is 9.53 Å². The summed E-state index contributed by atoms with van der Waals surface area (Å²) >= 11 is 0. The number of piperidine rings is 1. The summed E-state index contributed by atoms with van der Waals surface area (Å²) in [4.78, 5) is 27.6. The number of hydrogen-bond acceptors (Lipinski definition) is 3. The van der Waals surface area contributed by atoms with E-state index in [-0.39, 0.29) is 17.8 Å². The quantitative estimate of drug-likeness (QED) is 0.558. The highest BCUT2D eigenvalue weighted by Gasteiger charge is 2.31. The minimum Gasteiger partial charge on any atom is -0.466 e. The van der Waals surface area contributed by atoms with E-state index in [2.05, 4.69) is 16.7 Å². The third kappa shape index (κ3) is 4.26. The van der Waals surface area contributed by atoms with Crippen molar-refractivity contribution in [3.63, 3.8) is 0 Å². The number of carbonyl (C=O) groups excluding carboxylic acids is 2. The van der Waals surface area contributed by atoms with E-state index in [0.717, 1.165) is 35.5 Å². The predicted molar refractivity (Wildman–Crippen MR) is 121 cm³/mol. The fourth-order valence-corrected chi connectivity index (χ4v) is 4.34. The van der Waals surface area contributed by atoms with Crippen LogP contribution in [0, 0.1) is 12.8 Å². The molecule has 5 heteroatoms. The third-order valence-electron chi connectivity index (χ3n) is 5.89. The van der Waals surface area contributed by atoms with Gasteiger partial charge in [-0.05, 0) is 50.5 Å². The average Bonchev–Trinajstić information content (AvgIpc) is 3.17. The van der Waals surface area contributed by atoms with E-state index in [1.165, 1.54) is 0 Å². The lowest BCUT2D eigenvalue weighted by Gasteiger charge is -2.31. The molecular formula is C26H28N2O3. The molecule has 5 nitrogen and oxygen atoms in total. The van der Waals surface area contributed by atoms with Crippen LogP contribution in [0.15, 0.2) is 66.7 Å². The Balaban J connectivity index is 1.71. The SMILES string of the molecule is CCOC(=O)[C@@H]1CCCN(C(=O)c2cc(-c3ccccc3)n(-c3ccccc3)c2C)C1. The molecule has 1 amide bonds. The highest BCUT2D eigenvalue weighted by Crippen LogP contribution is 2.31. The molecule has 0 aliphatic carbocycles. The van der Waals surface area contributed by atoms with Crippen molar-refractivity contribution in [3.8, 4) is 16.9 Å². The summed E-state index contributed by atoms with van der Waals surface area (Å²) in [5.74, 6) is -0.482. The maximum atomic E-state index is 13.5. The third-order valence-corrected chi connectivity index (χ3v) is 5.89. The first-order valence-corrected chi connectivity index (χ1v) is 10.9. The van der Waals surface area contributed by atoms with Crippen molar-refractivity contribution in [1.29, 1.82) is 0 Å². The molecule has 1 aromatic heterocycles. The maximum Gasteiger partial charge on any atom is 0.310 e. The van der Waals surface area contributed by atoms with Gasteiger partial charge < -0.3 is 14.2 Å². The molecule has 3 aromatic rings. The average molecular weight is 417 g/mol. The van der Waals surface area contributed by atoms with Crippen LogP contribution < -0.4 is 0 Å². The second kappa shape index (κ2) is 9.21. The number of para-hydroxylation sites is 1. The number of rotatable bonds is 5. The number of likely N-dealkylation sites (tertiary alicyclic amines) is 1. The van der Waals surface area contributed by atoms with Crippen LogP contribution in [0.25, 0.3) is 16.9 Å². The molecule has 4 rings (SSSR count). The van der Waals surface area contributed by atoms with Crippen molar-refractivity contribution in [1.82, 2.24) is 9.47 Å². The van der Waals surface area contributed by atoms with Crippen LogP contribution >= 0.6 is 0 Å². The van der Waals surface area contributed by atoms with E-state index >= 15 is 0 Å². The van der Waals surface area contributed by atoms with Gasteiger partial charge in [-0.2, -0.15) is 0 Å². The number of ether oxygens (including phenoxy) is 1. The second-order valence-electron chi connectivity index (χ2n) is 7.91. The molecular weight excluding hydrogens is 388 g/mol. The Hall–Kier alpha value is -3.34. The zero-order valence-corrected chi connectivity index (χ0v) is 18.1. The number of benzene rings is 2. The summed E-state index contributed by atoms with van der Waals surface area (Å²) in [5.41, 5.74) is 4.62. The van der Waals surface area contributed by atoms with Gasteiger partial charge in [-0.25, -0.2) is 0 Å². The largest absolute Gasteiger partial charge is 0.466 e. The standard InChI is InChI=1S/C26H28N2O3/c1-3-31-26(30)21-13-10-16-27(18-21)25(29)23-17-24(20-11-6-4-7-12-20)28(19(23)2)22-14-8-5-9-15-22/h4-9,11-12,14-15,17,21H,3,10,13,16,18H2,1-2H3/t21-/m1/s1. The minimum atomic E-state index is -0.247. The van der Waals surface area contributed by atoms with Crippen LogP contribution in [0.4, 0.5) is 0 Å². The molecule has 1 aliphatic rings. The molecule has 1 aliphatic heterocycles. The summed E-state index contributed by atoms with van der Waals surface area (Å²) in [7, 11) is 0. The smallest absolute Gasteiger partial charge is 0.310 e. The van der Waals surface area contributed by atoms with Crippen LogP contribution in [-0.4, -0.2) is 41.0 Å². The molecule has 2 heterocycles. The Morgan fingerprint density at radius 3 is 2.39 bits per heavy atom. The monoisotopic (exact) mass is 416 g/mol. The second-order valence-corrected chi connectivity index (χ2v) is 7.91. The lowest BCUT2D eigenvalue weighted by molar-refractivity contribution is -0.149.